The van der Waals surface area contributed by atoms with Gasteiger partial charge in [0.25, 0.3) is 0 Å². The summed E-state index contributed by atoms with van der Waals surface area (Å²) in [6.45, 7) is 27.4. The van der Waals surface area contributed by atoms with Crippen molar-refractivity contribution in [1.29, 1.82) is 0 Å². The molecule has 0 amide bonds. The largest absolute Gasteiger partial charge is 0.310 e. The lowest BCUT2D eigenvalue weighted by molar-refractivity contribution is 0.590. The molecule has 60 heavy (non-hydrogen) atoms. The van der Waals surface area contributed by atoms with Crippen LogP contribution in [0.3, 0.4) is 0 Å². The molecular weight excluding hydrogens is 725 g/mol. The maximum Gasteiger partial charge on any atom is 0.0543 e. The van der Waals surface area contributed by atoms with Crippen molar-refractivity contribution in [3.8, 4) is 11.1 Å². The van der Waals surface area contributed by atoms with Crippen molar-refractivity contribution in [1.82, 2.24) is 0 Å². The van der Waals surface area contributed by atoms with Gasteiger partial charge in [0, 0.05) is 33.8 Å². The molecule has 0 heterocycles. The van der Waals surface area contributed by atoms with Crippen LogP contribution < -0.4 is 9.80 Å². The predicted octanol–water partition coefficient (Wildman–Crippen LogP) is 16.7. The number of fused-ring (bicyclic) bond motifs is 5. The fourth-order valence-electron chi connectivity index (χ4n) is 8.87. The zero-order valence-corrected chi connectivity index (χ0v) is 38.2. The van der Waals surface area contributed by atoms with Crippen LogP contribution >= 0.6 is 0 Å². The zero-order valence-electron chi connectivity index (χ0n) is 38.2. The molecule has 2 nitrogen and oxygen atoms in total. The second-order valence-corrected chi connectivity index (χ2v) is 21.2. The molecule has 0 atom stereocenters. The Balaban J connectivity index is 1.26. The molecule has 0 aromatic heterocycles. The van der Waals surface area contributed by atoms with Gasteiger partial charge < -0.3 is 9.80 Å². The predicted molar refractivity (Wildman–Crippen MR) is 261 cm³/mol. The first-order valence-corrected chi connectivity index (χ1v) is 22.0. The lowest BCUT2D eigenvalue weighted by atomic mass is 9.81. The van der Waals surface area contributed by atoms with Crippen LogP contribution in [0.25, 0.3) is 21.9 Å². The minimum absolute atomic E-state index is 0.0777. The Morgan fingerprint density at radius 2 is 0.683 bits per heavy atom. The second kappa shape index (κ2) is 15.1. The van der Waals surface area contributed by atoms with E-state index in [-0.39, 0.29) is 21.7 Å². The van der Waals surface area contributed by atoms with Gasteiger partial charge >= 0.3 is 0 Å². The van der Waals surface area contributed by atoms with E-state index < -0.39 is 0 Å². The van der Waals surface area contributed by atoms with Gasteiger partial charge in [0.2, 0.25) is 0 Å². The van der Waals surface area contributed by atoms with E-state index in [1.807, 2.05) is 0 Å². The summed E-state index contributed by atoms with van der Waals surface area (Å²) in [5.74, 6) is 0. The van der Waals surface area contributed by atoms with Crippen LogP contribution in [-0.2, 0) is 34.5 Å². The lowest BCUT2D eigenvalue weighted by Crippen LogP contribution is -2.16. The van der Waals surface area contributed by atoms with E-state index in [1.165, 1.54) is 89.4 Å². The summed E-state index contributed by atoms with van der Waals surface area (Å²) in [6.07, 6.45) is 1.96. The van der Waals surface area contributed by atoms with Gasteiger partial charge in [-0.15, -0.1) is 0 Å². The molecule has 0 saturated carbocycles. The number of benzene rings is 7. The van der Waals surface area contributed by atoms with Crippen LogP contribution in [0.5, 0.6) is 0 Å². The van der Waals surface area contributed by atoms with E-state index in [0.29, 0.717) is 0 Å². The van der Waals surface area contributed by atoms with Gasteiger partial charge in [-0.1, -0.05) is 162 Å². The summed E-state index contributed by atoms with van der Waals surface area (Å²) in [4.78, 5) is 4.91. The fourth-order valence-corrected chi connectivity index (χ4v) is 8.87. The maximum atomic E-state index is 2.49. The first-order chi connectivity index (χ1) is 28.3. The molecule has 1 aliphatic carbocycles. The molecule has 0 spiro atoms. The van der Waals surface area contributed by atoms with Crippen LogP contribution in [-0.4, -0.2) is 0 Å². The van der Waals surface area contributed by atoms with E-state index in [2.05, 4.69) is 238 Å². The molecule has 0 N–H and O–H groups in total. The van der Waals surface area contributed by atoms with Gasteiger partial charge in [-0.2, -0.15) is 0 Å². The maximum absolute atomic E-state index is 2.49. The third-order valence-electron chi connectivity index (χ3n) is 12.6. The summed E-state index contributed by atoms with van der Waals surface area (Å²) in [5, 5.41) is 2.56. The highest BCUT2D eigenvalue weighted by atomic mass is 15.1. The van der Waals surface area contributed by atoms with Crippen molar-refractivity contribution < 1.29 is 0 Å². The number of anilines is 6. The number of aryl methyl sites for hydroxylation is 2. The van der Waals surface area contributed by atoms with Crippen LogP contribution in [0, 0.1) is 0 Å². The summed E-state index contributed by atoms with van der Waals surface area (Å²) in [7, 11) is 0. The molecule has 306 valence electrons. The van der Waals surface area contributed by atoms with Crippen molar-refractivity contribution in [2.75, 3.05) is 9.80 Å². The van der Waals surface area contributed by atoms with Gasteiger partial charge in [-0.25, -0.2) is 0 Å². The van der Waals surface area contributed by atoms with Gasteiger partial charge in [0.05, 0.1) is 5.69 Å². The fraction of sp³-hybridized carbons (Fsp3) is 0.310. The molecule has 0 aliphatic heterocycles. The van der Waals surface area contributed by atoms with Gasteiger partial charge in [0.15, 0.2) is 0 Å². The molecule has 0 bridgehead atoms. The average Bonchev–Trinajstić information content (AvgIpc) is 3.20. The highest BCUT2D eigenvalue weighted by Crippen LogP contribution is 2.48. The highest BCUT2D eigenvalue weighted by molar-refractivity contribution is 6.08. The van der Waals surface area contributed by atoms with Gasteiger partial charge in [-0.05, 0) is 151 Å². The SMILES string of the molecule is CC(C)(C)c1ccc(N(c2ccc(C(C)(C)C)cc2)c2ccc3c(c2)CCc2cc(N(c4ccc(C(C)(C)C)cc4)c4ccc(C(C)(C)C)cc4)c4ccccc4c2-3)cc1. The molecule has 2 heteroatoms. The summed E-state index contributed by atoms with van der Waals surface area (Å²) >= 11 is 0. The van der Waals surface area contributed by atoms with E-state index in [0.717, 1.165) is 12.8 Å². The average molecular weight is 789 g/mol. The lowest BCUT2D eigenvalue weighted by Gasteiger charge is -2.32. The van der Waals surface area contributed by atoms with Crippen molar-refractivity contribution in [2.45, 2.75) is 118 Å². The number of hydrogen-bond donors (Lipinski definition) is 0. The van der Waals surface area contributed by atoms with Gasteiger partial charge in [-0.3, -0.25) is 0 Å². The topological polar surface area (TPSA) is 6.48 Å². The van der Waals surface area contributed by atoms with Gasteiger partial charge in [0.1, 0.15) is 0 Å². The Morgan fingerprint density at radius 1 is 0.333 bits per heavy atom. The molecule has 0 unspecified atom stereocenters. The van der Waals surface area contributed by atoms with Crippen molar-refractivity contribution >= 4 is 44.9 Å². The summed E-state index contributed by atoms with van der Waals surface area (Å²) in [5.41, 5.74) is 18.3. The molecular formula is C58H64N2. The van der Waals surface area contributed by atoms with Crippen molar-refractivity contribution in [3.05, 3.63) is 179 Å². The molecule has 0 saturated heterocycles. The van der Waals surface area contributed by atoms with Crippen LogP contribution in [0.4, 0.5) is 34.1 Å². The van der Waals surface area contributed by atoms with E-state index in [4.69, 9.17) is 0 Å². The Bertz CT molecular complexity index is 2520. The third-order valence-corrected chi connectivity index (χ3v) is 12.6. The Kier molecular flexibility index (Phi) is 10.4. The summed E-state index contributed by atoms with van der Waals surface area (Å²) < 4.78 is 0. The monoisotopic (exact) mass is 789 g/mol. The smallest absolute Gasteiger partial charge is 0.0543 e. The van der Waals surface area contributed by atoms with E-state index in [1.54, 1.807) is 0 Å². The van der Waals surface area contributed by atoms with E-state index in [9.17, 15) is 0 Å². The Labute approximate surface area is 360 Å². The van der Waals surface area contributed by atoms with Crippen LogP contribution in [0.15, 0.2) is 146 Å². The van der Waals surface area contributed by atoms with Crippen molar-refractivity contribution in [3.63, 3.8) is 0 Å². The van der Waals surface area contributed by atoms with Crippen molar-refractivity contribution in [2.24, 2.45) is 0 Å². The molecule has 0 radical (unpaired) electrons. The quantitative estimate of drug-likeness (QED) is 0.166. The zero-order chi connectivity index (χ0) is 42.8. The second-order valence-electron chi connectivity index (χ2n) is 21.2. The number of hydrogen-bond acceptors (Lipinski definition) is 2. The van der Waals surface area contributed by atoms with Crippen LogP contribution in [0.2, 0.25) is 0 Å². The molecule has 0 fully saturated rings. The normalized spacial score (nSPS) is 13.2. The molecule has 7 aromatic carbocycles. The molecule has 1 aliphatic rings. The minimum atomic E-state index is 0.0777. The molecule has 7 aromatic rings. The number of rotatable bonds is 6. The standard InChI is InChI=1S/C58H64N2/c1-55(2,3)41-19-27-45(28-20-41)59(46-29-21-42(22-30-46)56(4,5)6)49-35-36-50-39(37-49)17-18-40-38-53(51-15-13-14-16-52(51)54(40)50)60(47-31-23-43(24-32-47)57(7,8)9)48-33-25-44(26-34-48)58(10,11)12/h13-16,19-38H,17-18H2,1-12H3. The number of nitrogens with zero attached hydrogens (tertiary/aromatic N) is 2. The minimum Gasteiger partial charge on any atom is -0.310 e. The summed E-state index contributed by atoms with van der Waals surface area (Å²) in [6, 6.07) is 55.6. The Hall–Kier alpha value is -5.60. The first kappa shape index (κ1) is 41.1. The Morgan fingerprint density at radius 3 is 1.08 bits per heavy atom. The molecule has 8 rings (SSSR count). The van der Waals surface area contributed by atoms with Crippen LogP contribution in [0.1, 0.15) is 116 Å². The first-order valence-electron chi connectivity index (χ1n) is 22.0. The third kappa shape index (κ3) is 8.02. The highest BCUT2D eigenvalue weighted by Gasteiger charge is 2.27. The van der Waals surface area contributed by atoms with E-state index >= 15 is 0 Å².